The van der Waals surface area contributed by atoms with Crippen LogP contribution in [0.4, 0.5) is 4.39 Å². The van der Waals surface area contributed by atoms with E-state index in [1.807, 2.05) is 61.8 Å². The van der Waals surface area contributed by atoms with Crippen molar-refractivity contribution in [3.05, 3.63) is 114 Å². The monoisotopic (exact) mass is 620 g/mol. The first-order valence-electron chi connectivity index (χ1n) is 15.5. The Bertz CT molecular complexity index is 1860. The third-order valence-electron chi connectivity index (χ3n) is 8.22. The largest absolute Gasteiger partial charge is 0.438 e. The van der Waals surface area contributed by atoms with Gasteiger partial charge < -0.3 is 24.7 Å². The molecule has 1 saturated carbocycles. The summed E-state index contributed by atoms with van der Waals surface area (Å²) in [6, 6.07) is 22.5. The summed E-state index contributed by atoms with van der Waals surface area (Å²) in [5.41, 5.74) is 5.31. The molecule has 2 amide bonds. The number of rotatable bonds is 9. The van der Waals surface area contributed by atoms with Gasteiger partial charge in [-0.25, -0.2) is 14.4 Å². The molecular weight excluding hydrogens is 583 g/mol. The van der Waals surface area contributed by atoms with Crippen LogP contribution in [0.15, 0.2) is 85.2 Å². The first-order valence-corrected chi connectivity index (χ1v) is 15.5. The molecule has 0 unspecified atom stereocenters. The number of halogens is 1. The molecule has 5 aromatic rings. The highest BCUT2D eigenvalue weighted by Crippen LogP contribution is 2.29. The number of carbonyl (C=O) groups excluding carboxylic acids is 2. The second-order valence-corrected chi connectivity index (χ2v) is 12.1. The first-order chi connectivity index (χ1) is 22.2. The molecule has 0 aliphatic heterocycles. The number of carbonyl (C=O) groups is 2. The van der Waals surface area contributed by atoms with Crippen LogP contribution in [0.25, 0.3) is 16.8 Å². The van der Waals surface area contributed by atoms with E-state index in [4.69, 9.17) is 4.74 Å². The summed E-state index contributed by atoms with van der Waals surface area (Å²) >= 11 is 0. The Morgan fingerprint density at radius 1 is 0.913 bits per heavy atom. The summed E-state index contributed by atoms with van der Waals surface area (Å²) in [4.78, 5) is 36.9. The van der Waals surface area contributed by atoms with Crippen LogP contribution in [0, 0.1) is 12.7 Å². The van der Waals surface area contributed by atoms with Gasteiger partial charge in [-0.15, -0.1) is 0 Å². The Morgan fingerprint density at radius 2 is 1.61 bits per heavy atom. The van der Waals surface area contributed by atoms with Crippen LogP contribution in [0.3, 0.4) is 0 Å². The van der Waals surface area contributed by atoms with Crippen molar-refractivity contribution >= 4 is 17.5 Å². The van der Waals surface area contributed by atoms with Crippen molar-refractivity contribution in [1.29, 1.82) is 0 Å². The molecular formula is C36H37FN6O3. The van der Waals surface area contributed by atoms with E-state index in [1.54, 1.807) is 12.3 Å². The van der Waals surface area contributed by atoms with Crippen molar-refractivity contribution in [1.82, 2.24) is 29.9 Å². The molecule has 236 valence electrons. The fourth-order valence-electron chi connectivity index (χ4n) is 5.85. The minimum Gasteiger partial charge on any atom is -0.438 e. The lowest BCUT2D eigenvalue weighted by Gasteiger charge is -2.29. The van der Waals surface area contributed by atoms with Gasteiger partial charge in [-0.05, 0) is 93.7 Å². The van der Waals surface area contributed by atoms with Crippen molar-refractivity contribution in [2.45, 2.75) is 51.2 Å². The summed E-state index contributed by atoms with van der Waals surface area (Å²) in [7, 11) is 4.07. The minimum absolute atomic E-state index is 0.0241. The third-order valence-corrected chi connectivity index (χ3v) is 8.22. The number of ether oxygens (including phenoxy) is 1. The molecule has 0 bridgehead atoms. The number of hydrogen-bond acceptors (Lipinski definition) is 6. The molecule has 0 spiro atoms. The van der Waals surface area contributed by atoms with Gasteiger partial charge in [0.15, 0.2) is 0 Å². The van der Waals surface area contributed by atoms with E-state index in [-0.39, 0.29) is 29.4 Å². The average molecular weight is 621 g/mol. The second-order valence-electron chi connectivity index (χ2n) is 12.1. The predicted molar refractivity (Wildman–Crippen MR) is 174 cm³/mol. The lowest BCUT2D eigenvalue weighted by atomic mass is 9.91. The van der Waals surface area contributed by atoms with Gasteiger partial charge in [0, 0.05) is 30.5 Å². The number of amides is 2. The summed E-state index contributed by atoms with van der Waals surface area (Å²) in [5, 5.41) is 6.10. The molecule has 10 heteroatoms. The fourth-order valence-corrected chi connectivity index (χ4v) is 5.85. The molecule has 9 nitrogen and oxygen atoms in total. The number of pyridine rings is 2. The maximum absolute atomic E-state index is 14.3. The van der Waals surface area contributed by atoms with Crippen LogP contribution in [-0.2, 0) is 6.54 Å². The van der Waals surface area contributed by atoms with Crippen LogP contribution in [-0.4, -0.2) is 57.3 Å². The van der Waals surface area contributed by atoms with E-state index in [9.17, 15) is 14.0 Å². The first kappa shape index (κ1) is 30.9. The summed E-state index contributed by atoms with van der Waals surface area (Å²) in [5.74, 6) is -0.783. The zero-order valence-electron chi connectivity index (χ0n) is 26.2. The molecule has 0 atom stereocenters. The van der Waals surface area contributed by atoms with Crippen LogP contribution in [0.5, 0.6) is 11.6 Å². The number of imidazole rings is 1. The van der Waals surface area contributed by atoms with Gasteiger partial charge in [0.05, 0.1) is 6.20 Å². The SMILES string of the molecule is Cc1cccc2nc(C(=O)NC3CCC(NC(=O)c4cc(F)cnc4Oc4cccc(-c5ccc(CN(C)C)cc5)c4)CC3)cn12. The molecule has 0 saturated heterocycles. The zero-order valence-corrected chi connectivity index (χ0v) is 26.2. The predicted octanol–water partition coefficient (Wildman–Crippen LogP) is 6.17. The quantitative estimate of drug-likeness (QED) is 0.205. The van der Waals surface area contributed by atoms with E-state index in [0.717, 1.165) is 41.3 Å². The van der Waals surface area contributed by atoms with E-state index in [0.29, 0.717) is 37.1 Å². The molecule has 2 N–H and O–H groups in total. The van der Waals surface area contributed by atoms with Gasteiger partial charge in [0.2, 0.25) is 5.88 Å². The highest BCUT2D eigenvalue weighted by atomic mass is 19.1. The standard InChI is InChI=1S/C36H37FN6O3/c1-23-6-4-9-33-41-32(22-43(23)33)35(45)40-29-16-14-28(15-17-29)39-34(44)31-19-27(37)20-38-36(31)46-30-8-5-7-26(18-30)25-12-10-24(11-13-25)21-42(2)3/h4-13,18-20,22,28-29H,14-17,21H2,1-3H3,(H,39,44)(H,40,45). The molecule has 1 fully saturated rings. The maximum Gasteiger partial charge on any atom is 0.271 e. The van der Waals surface area contributed by atoms with Crippen molar-refractivity contribution in [2.75, 3.05) is 14.1 Å². The number of aromatic nitrogens is 3. The van der Waals surface area contributed by atoms with Crippen molar-refractivity contribution in [2.24, 2.45) is 0 Å². The van der Waals surface area contributed by atoms with Crippen molar-refractivity contribution in [3.63, 3.8) is 0 Å². The van der Waals surface area contributed by atoms with Gasteiger partial charge in [0.25, 0.3) is 11.8 Å². The number of nitrogens with zero attached hydrogens (tertiary/aromatic N) is 4. The summed E-state index contributed by atoms with van der Waals surface area (Å²) < 4.78 is 22.2. The topological polar surface area (TPSA) is 101 Å². The van der Waals surface area contributed by atoms with Gasteiger partial charge in [-0.2, -0.15) is 0 Å². The molecule has 1 aliphatic rings. The molecule has 3 aromatic heterocycles. The zero-order chi connectivity index (χ0) is 32.2. The molecule has 2 aromatic carbocycles. The highest BCUT2D eigenvalue weighted by Gasteiger charge is 2.26. The fraction of sp³-hybridized carbons (Fsp3) is 0.278. The summed E-state index contributed by atoms with van der Waals surface area (Å²) in [6.45, 7) is 2.82. The Hall–Kier alpha value is -5.09. The maximum atomic E-state index is 14.3. The molecule has 6 rings (SSSR count). The number of hydrogen-bond donors (Lipinski definition) is 2. The molecule has 3 heterocycles. The normalized spacial score (nSPS) is 16.4. The Balaban J connectivity index is 1.07. The molecule has 46 heavy (non-hydrogen) atoms. The van der Waals surface area contributed by atoms with Gasteiger partial charge in [0.1, 0.15) is 28.5 Å². The van der Waals surface area contributed by atoms with Crippen LogP contribution >= 0.6 is 0 Å². The van der Waals surface area contributed by atoms with E-state index in [1.165, 1.54) is 5.56 Å². The number of fused-ring (bicyclic) bond motifs is 1. The Kier molecular flexibility index (Phi) is 9.07. The van der Waals surface area contributed by atoms with E-state index < -0.39 is 11.7 Å². The van der Waals surface area contributed by atoms with Gasteiger partial charge in [-0.1, -0.05) is 42.5 Å². The smallest absolute Gasteiger partial charge is 0.271 e. The van der Waals surface area contributed by atoms with Crippen LogP contribution in [0.1, 0.15) is 57.8 Å². The average Bonchev–Trinajstić information content (AvgIpc) is 3.49. The van der Waals surface area contributed by atoms with Crippen molar-refractivity contribution in [3.8, 4) is 22.8 Å². The third kappa shape index (κ3) is 7.24. The van der Waals surface area contributed by atoms with E-state index in [2.05, 4.69) is 49.8 Å². The molecule has 0 radical (unpaired) electrons. The molecule has 1 aliphatic carbocycles. The van der Waals surface area contributed by atoms with Crippen molar-refractivity contribution < 1.29 is 18.7 Å². The highest BCUT2D eigenvalue weighted by molar-refractivity contribution is 5.96. The number of aryl methyl sites for hydroxylation is 1. The van der Waals surface area contributed by atoms with Gasteiger partial charge in [-0.3, -0.25) is 9.59 Å². The Morgan fingerprint density at radius 3 is 2.30 bits per heavy atom. The lowest BCUT2D eigenvalue weighted by Crippen LogP contribution is -2.44. The second kappa shape index (κ2) is 13.5. The minimum atomic E-state index is -0.627. The number of nitrogens with one attached hydrogen (secondary N) is 2. The number of benzene rings is 2. The van der Waals surface area contributed by atoms with Crippen LogP contribution in [0.2, 0.25) is 0 Å². The summed E-state index contributed by atoms with van der Waals surface area (Å²) in [6.07, 6.45) is 5.49. The Labute approximate surface area is 267 Å². The van der Waals surface area contributed by atoms with E-state index >= 15 is 0 Å². The lowest BCUT2D eigenvalue weighted by molar-refractivity contribution is 0.0888. The van der Waals surface area contributed by atoms with Crippen LogP contribution < -0.4 is 15.4 Å². The van der Waals surface area contributed by atoms with Gasteiger partial charge >= 0.3 is 0 Å².